The molecule has 3 aromatic rings. The van der Waals surface area contributed by atoms with Crippen molar-refractivity contribution >= 4 is 39.4 Å². The van der Waals surface area contributed by atoms with Crippen molar-refractivity contribution in [2.75, 3.05) is 13.2 Å². The minimum atomic E-state index is -0.157. The number of halogens is 1. The first-order valence-electron chi connectivity index (χ1n) is 8.91. The van der Waals surface area contributed by atoms with Crippen LogP contribution in [0.3, 0.4) is 0 Å². The van der Waals surface area contributed by atoms with Gasteiger partial charge in [-0.15, -0.1) is 0 Å². The summed E-state index contributed by atoms with van der Waals surface area (Å²) in [6.45, 7) is 0.197. The van der Waals surface area contributed by atoms with E-state index >= 15 is 0 Å². The number of aromatic amines is 1. The highest BCUT2D eigenvalue weighted by Crippen LogP contribution is 2.51. The molecule has 1 fully saturated rings. The minimum Gasteiger partial charge on any atom is -0.395 e. The van der Waals surface area contributed by atoms with Crippen LogP contribution in [0.25, 0.3) is 10.9 Å². The third-order valence-electron chi connectivity index (χ3n) is 5.48. The molecule has 0 unspecified atom stereocenters. The lowest BCUT2D eigenvalue weighted by Crippen LogP contribution is -2.35. The summed E-state index contributed by atoms with van der Waals surface area (Å²) in [6, 6.07) is 14.7. The van der Waals surface area contributed by atoms with E-state index in [2.05, 4.69) is 69.4 Å². The van der Waals surface area contributed by atoms with Gasteiger partial charge in [0.05, 0.1) is 17.7 Å². The Kier molecular flexibility index (Phi) is 4.75. The van der Waals surface area contributed by atoms with Crippen LogP contribution in [0.15, 0.2) is 48.7 Å². The van der Waals surface area contributed by atoms with Crippen LogP contribution >= 0.6 is 22.6 Å². The second-order valence-electron chi connectivity index (χ2n) is 6.85. The Balaban J connectivity index is 1.80. The molecule has 3 N–H and O–H groups in total. The molecule has 1 heterocycles. The number of hydrogen-bond donors (Lipinski definition) is 3. The van der Waals surface area contributed by atoms with E-state index in [0.717, 1.165) is 23.7 Å². The van der Waals surface area contributed by atoms with Gasteiger partial charge in [0.15, 0.2) is 0 Å². The first-order valence-corrected chi connectivity index (χ1v) is 9.99. The molecule has 5 heteroatoms. The minimum absolute atomic E-state index is 0.0305. The Morgan fingerprint density at radius 1 is 1.19 bits per heavy atom. The molecule has 1 aliphatic rings. The number of carbonyl (C=O) groups is 1. The maximum atomic E-state index is 12.4. The predicted octanol–water partition coefficient (Wildman–Crippen LogP) is 3.96. The SMILES string of the molecule is O=C(NCCO)c1cccc2c(C3(c4ccc(I)cc4)CCC3)c[nH]c12. The summed E-state index contributed by atoms with van der Waals surface area (Å²) in [5.41, 5.74) is 4.15. The van der Waals surface area contributed by atoms with Crippen molar-refractivity contribution in [3.05, 3.63) is 68.9 Å². The summed E-state index contributed by atoms with van der Waals surface area (Å²) in [7, 11) is 0. The molecule has 1 aliphatic carbocycles. The van der Waals surface area contributed by atoms with Crippen LogP contribution in [0.4, 0.5) is 0 Å². The number of carbonyl (C=O) groups excluding carboxylic acids is 1. The van der Waals surface area contributed by atoms with E-state index in [-0.39, 0.29) is 24.5 Å². The fraction of sp³-hybridized carbons (Fsp3) is 0.286. The number of rotatable bonds is 5. The van der Waals surface area contributed by atoms with Crippen LogP contribution in [0.5, 0.6) is 0 Å². The smallest absolute Gasteiger partial charge is 0.253 e. The van der Waals surface area contributed by atoms with Crippen molar-refractivity contribution < 1.29 is 9.90 Å². The van der Waals surface area contributed by atoms with Crippen LogP contribution < -0.4 is 5.32 Å². The Hall–Kier alpha value is -1.86. The number of aromatic nitrogens is 1. The summed E-state index contributed by atoms with van der Waals surface area (Å²) in [5, 5.41) is 12.8. The molecule has 4 rings (SSSR count). The van der Waals surface area contributed by atoms with Gasteiger partial charge in [0.25, 0.3) is 5.91 Å². The summed E-state index contributed by atoms with van der Waals surface area (Å²) in [5.74, 6) is -0.157. The molecule has 1 aromatic heterocycles. The first-order chi connectivity index (χ1) is 12.7. The number of fused-ring (bicyclic) bond motifs is 1. The van der Waals surface area contributed by atoms with Crippen molar-refractivity contribution in [3.8, 4) is 0 Å². The number of para-hydroxylation sites is 1. The average molecular weight is 460 g/mol. The largest absolute Gasteiger partial charge is 0.395 e. The van der Waals surface area contributed by atoms with Gasteiger partial charge in [-0.3, -0.25) is 4.79 Å². The molecule has 0 spiro atoms. The lowest BCUT2D eigenvalue weighted by molar-refractivity contribution is 0.0946. The van der Waals surface area contributed by atoms with E-state index in [0.29, 0.717) is 5.56 Å². The number of nitrogens with one attached hydrogen (secondary N) is 2. The Labute approximate surface area is 166 Å². The molecule has 0 radical (unpaired) electrons. The summed E-state index contributed by atoms with van der Waals surface area (Å²) < 4.78 is 1.24. The molecule has 134 valence electrons. The number of hydrogen-bond acceptors (Lipinski definition) is 2. The highest BCUT2D eigenvalue weighted by molar-refractivity contribution is 14.1. The van der Waals surface area contributed by atoms with Crippen LogP contribution in [0.1, 0.15) is 40.7 Å². The standard InChI is InChI=1S/C21H21IN2O2/c22-15-7-5-14(6-8-15)21(9-2-10-21)18-13-24-19-16(18)3-1-4-17(19)20(26)23-11-12-25/h1,3-8,13,24-25H,2,9-12H2,(H,23,26). The second kappa shape index (κ2) is 7.04. The Bertz CT molecular complexity index is 942. The molecule has 2 aromatic carbocycles. The number of benzene rings is 2. The summed E-state index contributed by atoms with van der Waals surface area (Å²) in [6.07, 6.45) is 5.54. The van der Waals surface area contributed by atoms with Gasteiger partial charge in [-0.05, 0) is 64.8 Å². The van der Waals surface area contributed by atoms with Gasteiger partial charge >= 0.3 is 0 Å². The molecule has 26 heavy (non-hydrogen) atoms. The van der Waals surface area contributed by atoms with E-state index < -0.39 is 0 Å². The number of aliphatic hydroxyl groups excluding tert-OH is 1. The molecule has 0 atom stereocenters. The zero-order valence-electron chi connectivity index (χ0n) is 14.4. The van der Waals surface area contributed by atoms with Gasteiger partial charge < -0.3 is 15.4 Å². The van der Waals surface area contributed by atoms with E-state index in [4.69, 9.17) is 5.11 Å². The van der Waals surface area contributed by atoms with Crippen molar-refractivity contribution in [1.82, 2.24) is 10.3 Å². The normalized spacial score (nSPS) is 15.6. The lowest BCUT2D eigenvalue weighted by atomic mass is 9.60. The number of amides is 1. The third kappa shape index (κ3) is 2.83. The van der Waals surface area contributed by atoms with E-state index in [1.165, 1.54) is 21.1 Å². The Morgan fingerprint density at radius 2 is 1.96 bits per heavy atom. The van der Waals surface area contributed by atoms with Crippen molar-refractivity contribution in [2.24, 2.45) is 0 Å². The van der Waals surface area contributed by atoms with Gasteiger partial charge in [0.2, 0.25) is 0 Å². The fourth-order valence-corrected chi connectivity index (χ4v) is 4.38. The molecule has 0 bridgehead atoms. The third-order valence-corrected chi connectivity index (χ3v) is 6.20. The van der Waals surface area contributed by atoms with Gasteiger partial charge in [-0.25, -0.2) is 0 Å². The van der Waals surface area contributed by atoms with Crippen molar-refractivity contribution in [1.29, 1.82) is 0 Å². The quantitative estimate of drug-likeness (QED) is 0.505. The second-order valence-corrected chi connectivity index (χ2v) is 8.10. The molecular weight excluding hydrogens is 439 g/mol. The number of H-pyrrole nitrogens is 1. The van der Waals surface area contributed by atoms with Crippen molar-refractivity contribution in [3.63, 3.8) is 0 Å². The highest BCUT2D eigenvalue weighted by Gasteiger charge is 2.42. The zero-order chi connectivity index (χ0) is 18.1. The predicted molar refractivity (Wildman–Crippen MR) is 112 cm³/mol. The fourth-order valence-electron chi connectivity index (χ4n) is 4.02. The molecule has 4 nitrogen and oxygen atoms in total. The van der Waals surface area contributed by atoms with Gasteiger partial charge in [-0.1, -0.05) is 30.7 Å². The topological polar surface area (TPSA) is 65.1 Å². The first kappa shape index (κ1) is 17.5. The van der Waals surface area contributed by atoms with Gasteiger partial charge in [-0.2, -0.15) is 0 Å². The lowest BCUT2D eigenvalue weighted by Gasteiger charge is -2.42. The van der Waals surface area contributed by atoms with Crippen LogP contribution in [-0.2, 0) is 5.41 Å². The van der Waals surface area contributed by atoms with Gasteiger partial charge in [0.1, 0.15) is 0 Å². The molecule has 1 saturated carbocycles. The molecular formula is C21H21IN2O2. The van der Waals surface area contributed by atoms with E-state index in [1.807, 2.05) is 12.1 Å². The van der Waals surface area contributed by atoms with E-state index in [9.17, 15) is 4.79 Å². The summed E-state index contributed by atoms with van der Waals surface area (Å²) >= 11 is 2.34. The maximum absolute atomic E-state index is 12.4. The number of aliphatic hydroxyl groups is 1. The zero-order valence-corrected chi connectivity index (χ0v) is 16.5. The monoisotopic (exact) mass is 460 g/mol. The highest BCUT2D eigenvalue weighted by atomic mass is 127. The van der Waals surface area contributed by atoms with Gasteiger partial charge in [0, 0.05) is 27.1 Å². The van der Waals surface area contributed by atoms with Crippen molar-refractivity contribution in [2.45, 2.75) is 24.7 Å². The van der Waals surface area contributed by atoms with Crippen LogP contribution in [-0.4, -0.2) is 29.1 Å². The maximum Gasteiger partial charge on any atom is 0.253 e. The summed E-state index contributed by atoms with van der Waals surface area (Å²) in [4.78, 5) is 15.8. The van der Waals surface area contributed by atoms with Crippen LogP contribution in [0.2, 0.25) is 0 Å². The van der Waals surface area contributed by atoms with E-state index in [1.54, 1.807) is 0 Å². The molecule has 0 saturated heterocycles. The van der Waals surface area contributed by atoms with Crippen LogP contribution in [0, 0.1) is 3.57 Å². The molecule has 1 amide bonds. The average Bonchev–Trinajstić information content (AvgIpc) is 3.05. The Morgan fingerprint density at radius 3 is 2.62 bits per heavy atom. The molecule has 0 aliphatic heterocycles.